The Morgan fingerprint density at radius 3 is 2.52 bits per heavy atom. The molecular weight excluding hydrogens is 292 g/mol. The maximum Gasteiger partial charge on any atom is 0.336 e. The van der Waals surface area contributed by atoms with Crippen molar-refractivity contribution in [2.45, 2.75) is 19.8 Å². The first-order valence-electron chi connectivity index (χ1n) is 6.54. The Hall–Kier alpha value is -2.08. The second-order valence-corrected chi connectivity index (χ2v) is 5.37. The van der Waals surface area contributed by atoms with Gasteiger partial charge in [-0.2, -0.15) is 4.98 Å². The number of ether oxygens (including phenoxy) is 1. The molecule has 1 aromatic heterocycles. The third-order valence-electron chi connectivity index (χ3n) is 3.07. The van der Waals surface area contributed by atoms with Gasteiger partial charge in [-0.3, -0.25) is 10.1 Å². The molecule has 0 radical (unpaired) electrons. The fraction of sp³-hybridized carbons (Fsp3) is 0.357. The number of carbonyl (C=O) groups excluding carboxylic acids is 1. The van der Waals surface area contributed by atoms with Gasteiger partial charge in [0.2, 0.25) is 11.9 Å². The van der Waals surface area contributed by atoms with Crippen LogP contribution in [-0.2, 0) is 4.79 Å². The predicted octanol–water partition coefficient (Wildman–Crippen LogP) is 2.85. The molecule has 0 fully saturated rings. The van der Waals surface area contributed by atoms with E-state index < -0.39 is 0 Å². The van der Waals surface area contributed by atoms with Gasteiger partial charge in [-0.15, -0.1) is 5.10 Å². The van der Waals surface area contributed by atoms with Crippen LogP contribution < -0.4 is 10.1 Å². The number of nitrogens with one attached hydrogen (secondary N) is 2. The smallest absolute Gasteiger partial charge is 0.336 e. The lowest BCUT2D eigenvalue weighted by Gasteiger charge is -2.20. The summed E-state index contributed by atoms with van der Waals surface area (Å²) >= 11 is 5.89. The first-order chi connectivity index (χ1) is 10.0. The number of benzene rings is 1. The van der Waals surface area contributed by atoms with E-state index in [9.17, 15) is 4.79 Å². The van der Waals surface area contributed by atoms with Crippen LogP contribution in [0.4, 0.5) is 5.95 Å². The van der Waals surface area contributed by atoms with E-state index in [2.05, 4.69) is 20.5 Å². The highest BCUT2D eigenvalue weighted by atomic mass is 35.5. The van der Waals surface area contributed by atoms with Crippen LogP contribution in [0.5, 0.6) is 6.01 Å². The number of hydrogen-bond donors (Lipinski definition) is 2. The lowest BCUT2D eigenvalue weighted by atomic mass is 9.88. The van der Waals surface area contributed by atoms with Crippen LogP contribution in [0.3, 0.4) is 0 Å². The topological polar surface area (TPSA) is 79.9 Å². The summed E-state index contributed by atoms with van der Waals surface area (Å²) in [4.78, 5) is 16.4. The monoisotopic (exact) mass is 308 g/mol. The van der Waals surface area contributed by atoms with E-state index in [-0.39, 0.29) is 29.7 Å². The third kappa shape index (κ3) is 3.72. The quantitative estimate of drug-likeness (QED) is 0.890. The van der Waals surface area contributed by atoms with Gasteiger partial charge in [-0.25, -0.2) is 5.10 Å². The van der Waals surface area contributed by atoms with Crippen LogP contribution in [0.1, 0.15) is 25.3 Å². The second-order valence-electron chi connectivity index (χ2n) is 4.93. The summed E-state index contributed by atoms with van der Waals surface area (Å²) in [7, 11) is 1.46. The minimum absolute atomic E-state index is 0.121. The minimum atomic E-state index is -0.307. The Balaban J connectivity index is 2.17. The summed E-state index contributed by atoms with van der Waals surface area (Å²) in [5.74, 6) is -0.0862. The van der Waals surface area contributed by atoms with E-state index in [1.54, 1.807) is 12.1 Å². The van der Waals surface area contributed by atoms with Crippen molar-refractivity contribution in [1.29, 1.82) is 0 Å². The van der Waals surface area contributed by atoms with Crippen LogP contribution in [0, 0.1) is 5.92 Å². The molecule has 1 unspecified atom stereocenters. The Bertz CT molecular complexity index is 610. The van der Waals surface area contributed by atoms with Crippen LogP contribution >= 0.6 is 11.6 Å². The number of aromatic amines is 1. The zero-order chi connectivity index (χ0) is 15.4. The highest BCUT2D eigenvalue weighted by Gasteiger charge is 2.25. The molecule has 1 heterocycles. The maximum absolute atomic E-state index is 12.5. The standard InChI is InChI=1S/C14H17ClN4O2/c1-8(2)11(9-4-6-10(15)7-5-9)12(20)16-13-17-14(21-3)19-18-13/h4-8,11H,1-3H3,(H2,16,17,18,19,20). The maximum atomic E-state index is 12.5. The first-order valence-corrected chi connectivity index (χ1v) is 6.91. The summed E-state index contributed by atoms with van der Waals surface area (Å²) in [6, 6.07) is 7.44. The van der Waals surface area contributed by atoms with Crippen molar-refractivity contribution in [1.82, 2.24) is 15.2 Å². The van der Waals surface area contributed by atoms with Crippen molar-refractivity contribution in [2.24, 2.45) is 5.92 Å². The van der Waals surface area contributed by atoms with Gasteiger partial charge in [0.25, 0.3) is 0 Å². The number of carbonyl (C=O) groups is 1. The van der Waals surface area contributed by atoms with Crippen molar-refractivity contribution in [2.75, 3.05) is 12.4 Å². The molecule has 1 atom stereocenters. The lowest BCUT2D eigenvalue weighted by molar-refractivity contribution is -0.118. The number of methoxy groups -OCH3 is 1. The summed E-state index contributed by atoms with van der Waals surface area (Å²) < 4.78 is 4.86. The molecular formula is C14H17ClN4O2. The van der Waals surface area contributed by atoms with E-state index in [0.29, 0.717) is 5.02 Å². The predicted molar refractivity (Wildman–Crippen MR) is 80.6 cm³/mol. The number of halogens is 1. The molecule has 2 N–H and O–H groups in total. The molecule has 0 bridgehead atoms. The van der Waals surface area contributed by atoms with E-state index in [1.807, 2.05) is 26.0 Å². The van der Waals surface area contributed by atoms with Gasteiger partial charge in [0, 0.05) is 5.02 Å². The first kappa shape index (κ1) is 15.3. The van der Waals surface area contributed by atoms with Gasteiger partial charge in [-0.05, 0) is 23.6 Å². The Morgan fingerprint density at radius 2 is 2.00 bits per heavy atom. The summed E-state index contributed by atoms with van der Waals surface area (Å²) in [6.45, 7) is 3.97. The average molecular weight is 309 g/mol. The Labute approximate surface area is 127 Å². The fourth-order valence-electron chi connectivity index (χ4n) is 2.10. The molecule has 2 rings (SSSR count). The van der Waals surface area contributed by atoms with Crippen molar-refractivity contribution in [3.8, 4) is 6.01 Å². The number of amides is 1. The van der Waals surface area contributed by atoms with Crippen molar-refractivity contribution in [3.63, 3.8) is 0 Å². The highest BCUT2D eigenvalue weighted by molar-refractivity contribution is 6.30. The molecule has 0 aliphatic heterocycles. The fourth-order valence-corrected chi connectivity index (χ4v) is 2.22. The van der Waals surface area contributed by atoms with E-state index >= 15 is 0 Å². The Kier molecular flexibility index (Phi) is 4.80. The largest absolute Gasteiger partial charge is 0.466 e. The highest BCUT2D eigenvalue weighted by Crippen LogP contribution is 2.27. The van der Waals surface area contributed by atoms with Crippen LogP contribution in [-0.4, -0.2) is 28.2 Å². The zero-order valence-electron chi connectivity index (χ0n) is 12.1. The SMILES string of the molecule is COc1n[nH]c(NC(=O)C(c2ccc(Cl)cc2)C(C)C)n1. The third-order valence-corrected chi connectivity index (χ3v) is 3.32. The molecule has 1 aromatic carbocycles. The van der Waals surface area contributed by atoms with Gasteiger partial charge < -0.3 is 4.74 Å². The molecule has 112 valence electrons. The molecule has 0 aliphatic carbocycles. The second kappa shape index (κ2) is 6.58. The number of nitrogens with zero attached hydrogens (tertiary/aromatic N) is 2. The van der Waals surface area contributed by atoms with Gasteiger partial charge in [-0.1, -0.05) is 37.6 Å². The number of hydrogen-bond acceptors (Lipinski definition) is 4. The molecule has 2 aromatic rings. The number of aromatic nitrogens is 3. The summed E-state index contributed by atoms with van der Waals surface area (Å²) in [6.07, 6.45) is 0. The molecule has 7 heteroatoms. The molecule has 0 saturated carbocycles. The number of H-pyrrole nitrogens is 1. The van der Waals surface area contributed by atoms with Crippen LogP contribution in [0.15, 0.2) is 24.3 Å². The van der Waals surface area contributed by atoms with E-state index in [1.165, 1.54) is 7.11 Å². The van der Waals surface area contributed by atoms with Crippen molar-refractivity contribution in [3.05, 3.63) is 34.9 Å². The molecule has 1 amide bonds. The Morgan fingerprint density at radius 1 is 1.33 bits per heavy atom. The molecule has 0 spiro atoms. The van der Waals surface area contributed by atoms with E-state index in [0.717, 1.165) is 5.56 Å². The van der Waals surface area contributed by atoms with Gasteiger partial charge >= 0.3 is 6.01 Å². The van der Waals surface area contributed by atoms with Gasteiger partial charge in [0.05, 0.1) is 13.0 Å². The molecule has 0 saturated heterocycles. The average Bonchev–Trinajstić information content (AvgIpc) is 2.88. The van der Waals surface area contributed by atoms with Gasteiger partial charge in [0.15, 0.2) is 0 Å². The lowest BCUT2D eigenvalue weighted by Crippen LogP contribution is -2.25. The normalized spacial score (nSPS) is 12.2. The number of anilines is 1. The summed E-state index contributed by atoms with van der Waals surface area (Å²) in [5.41, 5.74) is 0.901. The molecule has 6 nitrogen and oxygen atoms in total. The zero-order valence-corrected chi connectivity index (χ0v) is 12.8. The van der Waals surface area contributed by atoms with Crippen molar-refractivity contribution >= 4 is 23.5 Å². The van der Waals surface area contributed by atoms with Crippen LogP contribution in [0.25, 0.3) is 0 Å². The molecule has 21 heavy (non-hydrogen) atoms. The molecule has 0 aliphatic rings. The summed E-state index contributed by atoms with van der Waals surface area (Å²) in [5, 5.41) is 9.74. The van der Waals surface area contributed by atoms with Crippen LogP contribution in [0.2, 0.25) is 5.02 Å². The minimum Gasteiger partial charge on any atom is -0.466 e. The van der Waals surface area contributed by atoms with Gasteiger partial charge in [0.1, 0.15) is 0 Å². The van der Waals surface area contributed by atoms with Crippen molar-refractivity contribution < 1.29 is 9.53 Å². The van der Waals surface area contributed by atoms with E-state index in [4.69, 9.17) is 16.3 Å². The number of rotatable bonds is 5.